The first-order chi connectivity index (χ1) is 9.67. The summed E-state index contributed by atoms with van der Waals surface area (Å²) in [5, 5.41) is 9.30. The Morgan fingerprint density at radius 1 is 1.00 bits per heavy atom. The van der Waals surface area contributed by atoms with Crippen LogP contribution in [0.5, 0.6) is 0 Å². The van der Waals surface area contributed by atoms with Crippen molar-refractivity contribution in [2.45, 2.75) is 40.3 Å². The van der Waals surface area contributed by atoms with Crippen LogP contribution < -0.4 is 0 Å². The summed E-state index contributed by atoms with van der Waals surface area (Å²) in [5.74, 6) is -2.81. The van der Waals surface area contributed by atoms with Crippen molar-refractivity contribution in [3.05, 3.63) is 0 Å². The lowest BCUT2D eigenvalue weighted by atomic mass is 10.0. The number of likely N-dealkylation sites (N-methyl/N-ethyl adjacent to an activating group) is 1. The Morgan fingerprint density at radius 2 is 1.41 bits per heavy atom. The first-order valence-electron chi connectivity index (χ1n) is 6.29. The van der Waals surface area contributed by atoms with Crippen LogP contribution >= 0.6 is 69.6 Å². The monoisotopic (exact) mass is 433 g/mol. The van der Waals surface area contributed by atoms with Crippen LogP contribution in [-0.4, -0.2) is 42.6 Å². The van der Waals surface area contributed by atoms with Gasteiger partial charge in [0.15, 0.2) is 7.59 Å². The van der Waals surface area contributed by atoms with Crippen LogP contribution in [-0.2, 0) is 9.59 Å². The predicted molar refractivity (Wildman–Crippen MR) is 92.3 cm³/mol. The predicted octanol–water partition coefficient (Wildman–Crippen LogP) is 4.69. The van der Waals surface area contributed by atoms with Gasteiger partial charge in [-0.1, -0.05) is 83.5 Å². The van der Waals surface area contributed by atoms with E-state index in [1.54, 1.807) is 13.8 Å². The number of carboxylic acids is 1. The molecule has 0 radical (unpaired) electrons. The van der Waals surface area contributed by atoms with E-state index >= 15 is 0 Å². The number of carbonyl (C=O) groups excluding carboxylic acids is 1. The molecular weight excluding hydrogens is 419 g/mol. The number of carboxylic acid groups (broad SMARTS) is 1. The van der Waals surface area contributed by atoms with Gasteiger partial charge in [0.2, 0.25) is 5.91 Å². The summed E-state index contributed by atoms with van der Waals surface area (Å²) < 4.78 is -3.23. The minimum absolute atomic E-state index is 0.0176. The maximum Gasteiger partial charge on any atom is 0.326 e. The molecule has 0 aliphatic rings. The molecule has 0 rings (SSSR count). The lowest BCUT2D eigenvalue weighted by Gasteiger charge is -2.31. The second-order valence-corrected chi connectivity index (χ2v) is 9.92. The lowest BCUT2D eigenvalue weighted by Crippen LogP contribution is -2.45. The number of nitrogens with zero attached hydrogens (tertiary/aromatic N) is 1. The van der Waals surface area contributed by atoms with E-state index in [0.717, 1.165) is 4.90 Å². The molecule has 0 aliphatic heterocycles. The number of hydrogen-bond donors (Lipinski definition) is 1. The quantitative estimate of drug-likeness (QED) is 0.615. The van der Waals surface area contributed by atoms with Crippen molar-refractivity contribution in [1.29, 1.82) is 0 Å². The average molecular weight is 436 g/mol. The molecule has 0 saturated carbocycles. The molecule has 3 atom stereocenters. The Labute approximate surface area is 159 Å². The van der Waals surface area contributed by atoms with Crippen molar-refractivity contribution in [2.24, 2.45) is 11.8 Å². The molecule has 130 valence electrons. The van der Waals surface area contributed by atoms with Gasteiger partial charge in [-0.3, -0.25) is 4.79 Å². The van der Waals surface area contributed by atoms with Gasteiger partial charge in [-0.25, -0.2) is 4.79 Å². The maximum absolute atomic E-state index is 12.2. The lowest BCUT2D eigenvalue weighted by molar-refractivity contribution is -0.150. The number of hydrogen-bond acceptors (Lipinski definition) is 2. The second-order valence-electron chi connectivity index (χ2n) is 5.18. The zero-order valence-electron chi connectivity index (χ0n) is 12.1. The maximum atomic E-state index is 12.2. The van der Waals surface area contributed by atoms with E-state index in [1.165, 1.54) is 7.05 Å². The van der Waals surface area contributed by atoms with Crippen molar-refractivity contribution in [3.63, 3.8) is 0 Å². The Morgan fingerprint density at radius 3 is 1.73 bits per heavy atom. The molecule has 10 heteroatoms. The number of carbonyl (C=O) groups is 2. The van der Waals surface area contributed by atoms with E-state index in [0.29, 0.717) is 0 Å². The second kappa shape index (κ2) is 8.68. The fourth-order valence-corrected chi connectivity index (χ4v) is 2.09. The minimum Gasteiger partial charge on any atom is -0.480 e. The van der Waals surface area contributed by atoms with Gasteiger partial charge in [-0.15, -0.1) is 0 Å². The molecule has 0 unspecified atom stereocenters. The molecule has 1 amide bonds. The molecule has 22 heavy (non-hydrogen) atoms. The molecule has 0 aliphatic carbocycles. The van der Waals surface area contributed by atoms with Crippen LogP contribution in [0.3, 0.4) is 0 Å². The van der Waals surface area contributed by atoms with E-state index in [-0.39, 0.29) is 12.8 Å². The summed E-state index contributed by atoms with van der Waals surface area (Å²) in [6.45, 7) is 3.17. The molecule has 1 N–H and O–H groups in total. The summed E-state index contributed by atoms with van der Waals surface area (Å²) in [4.78, 5) is 24.6. The Kier molecular flexibility index (Phi) is 8.95. The number of amides is 1. The molecule has 0 heterocycles. The van der Waals surface area contributed by atoms with Gasteiger partial charge in [0.05, 0.1) is 0 Å². The van der Waals surface area contributed by atoms with Gasteiger partial charge in [0.1, 0.15) is 6.04 Å². The van der Waals surface area contributed by atoms with E-state index in [9.17, 15) is 14.7 Å². The van der Waals surface area contributed by atoms with Gasteiger partial charge >= 0.3 is 5.97 Å². The fourth-order valence-electron chi connectivity index (χ4n) is 1.59. The highest BCUT2D eigenvalue weighted by Gasteiger charge is 2.37. The summed E-state index contributed by atoms with van der Waals surface area (Å²) in [6.07, 6.45) is -0.130. The molecule has 0 saturated heterocycles. The SMILES string of the molecule is C[C@@H](CC(=O)N(C)[C@@H](C[C@H](C)C(Cl)(Cl)Cl)C(=O)O)C(Cl)(Cl)Cl. The Bertz CT molecular complexity index is 407. The van der Waals surface area contributed by atoms with Crippen LogP contribution in [0.2, 0.25) is 0 Å². The summed E-state index contributed by atoms with van der Waals surface area (Å²) >= 11 is 34.4. The smallest absolute Gasteiger partial charge is 0.326 e. The highest BCUT2D eigenvalue weighted by Crippen LogP contribution is 2.39. The molecule has 0 bridgehead atoms. The van der Waals surface area contributed by atoms with Gasteiger partial charge in [-0.05, 0) is 6.42 Å². The third kappa shape index (κ3) is 7.50. The fraction of sp³-hybridized carbons (Fsp3) is 0.833. The molecule has 4 nitrogen and oxygen atoms in total. The minimum atomic E-state index is -1.62. The van der Waals surface area contributed by atoms with Gasteiger partial charge < -0.3 is 10.0 Å². The van der Waals surface area contributed by atoms with Crippen molar-refractivity contribution in [3.8, 4) is 0 Å². The normalized spacial score (nSPS) is 16.8. The zero-order chi connectivity index (χ0) is 17.9. The van der Waals surface area contributed by atoms with E-state index < -0.39 is 37.3 Å². The van der Waals surface area contributed by atoms with Crippen LogP contribution in [0.25, 0.3) is 0 Å². The summed E-state index contributed by atoms with van der Waals surface area (Å²) in [7, 11) is 1.36. The van der Waals surface area contributed by atoms with Gasteiger partial charge in [-0.2, -0.15) is 0 Å². The number of rotatable bonds is 6. The van der Waals surface area contributed by atoms with Crippen molar-refractivity contribution in [1.82, 2.24) is 4.90 Å². The molecule has 0 aromatic carbocycles. The third-order valence-electron chi connectivity index (χ3n) is 3.32. The van der Waals surface area contributed by atoms with Gasteiger partial charge in [0, 0.05) is 25.3 Å². The van der Waals surface area contributed by atoms with E-state index in [1.807, 2.05) is 0 Å². The summed E-state index contributed by atoms with van der Waals surface area (Å²) in [6, 6.07) is -1.14. The third-order valence-corrected chi connectivity index (χ3v) is 5.56. The standard InChI is InChI=1S/C12H17Cl6NO3/c1-6(11(13,14)15)4-8(10(21)22)19(3)9(20)5-7(2)12(16,17)18/h6-8H,4-5H2,1-3H3,(H,21,22)/t6-,7-,8-/m0/s1. The number of halogens is 6. The first kappa shape index (κ1) is 22.7. The van der Waals surface area contributed by atoms with Crippen molar-refractivity contribution in [2.75, 3.05) is 7.05 Å². The Hall–Kier alpha value is 0.680. The molecule has 0 fully saturated rings. The van der Waals surface area contributed by atoms with Crippen LogP contribution in [0.15, 0.2) is 0 Å². The number of alkyl halides is 6. The highest BCUT2D eigenvalue weighted by molar-refractivity contribution is 6.68. The average Bonchev–Trinajstić information content (AvgIpc) is 2.31. The molecule has 0 aromatic rings. The summed E-state index contributed by atoms with van der Waals surface area (Å²) in [5.41, 5.74) is 0. The largest absolute Gasteiger partial charge is 0.480 e. The van der Waals surface area contributed by atoms with Crippen molar-refractivity contribution < 1.29 is 14.7 Å². The highest BCUT2D eigenvalue weighted by atomic mass is 35.6. The van der Waals surface area contributed by atoms with Crippen LogP contribution in [0, 0.1) is 11.8 Å². The molecule has 0 spiro atoms. The van der Waals surface area contributed by atoms with E-state index in [4.69, 9.17) is 69.6 Å². The van der Waals surface area contributed by atoms with E-state index in [2.05, 4.69) is 0 Å². The topological polar surface area (TPSA) is 57.6 Å². The number of aliphatic carboxylic acids is 1. The van der Waals surface area contributed by atoms with Crippen molar-refractivity contribution >= 4 is 81.5 Å². The van der Waals surface area contributed by atoms with Crippen LogP contribution in [0.4, 0.5) is 0 Å². The first-order valence-corrected chi connectivity index (χ1v) is 8.56. The van der Waals surface area contributed by atoms with Gasteiger partial charge in [0.25, 0.3) is 0 Å². The molecular formula is C12H17Cl6NO3. The molecule has 0 aromatic heterocycles. The zero-order valence-corrected chi connectivity index (χ0v) is 16.7. The van der Waals surface area contributed by atoms with Crippen LogP contribution in [0.1, 0.15) is 26.7 Å². The Balaban J connectivity index is 4.97.